The maximum Gasteiger partial charge on any atom is 0.320 e. The van der Waals surface area contributed by atoms with Crippen LogP contribution in [-0.4, -0.2) is 35.1 Å². The Morgan fingerprint density at radius 2 is 2.16 bits per heavy atom. The number of urea groups is 1. The minimum atomic E-state index is -0.243. The molecule has 2 N–H and O–H groups in total. The highest BCUT2D eigenvalue weighted by Crippen LogP contribution is 2.40. The average molecular weight is 344 g/mol. The molecule has 0 spiro atoms. The quantitative estimate of drug-likeness (QED) is 0.876. The van der Waals surface area contributed by atoms with Crippen molar-refractivity contribution in [2.24, 2.45) is 5.92 Å². The van der Waals surface area contributed by atoms with Gasteiger partial charge in [-0.2, -0.15) is 5.10 Å². The Morgan fingerprint density at radius 1 is 1.32 bits per heavy atom. The number of nitrogens with zero attached hydrogens (tertiary/aromatic N) is 2. The molecule has 6 nitrogen and oxygen atoms in total. The van der Waals surface area contributed by atoms with Gasteiger partial charge in [0.1, 0.15) is 11.6 Å². The number of amides is 2. The Kier molecular flexibility index (Phi) is 4.40. The van der Waals surface area contributed by atoms with Crippen molar-refractivity contribution in [3.63, 3.8) is 0 Å². The number of ether oxygens (including phenoxy) is 1. The van der Waals surface area contributed by atoms with Crippen molar-refractivity contribution in [3.8, 4) is 0 Å². The lowest BCUT2D eigenvalue weighted by Gasteiger charge is -2.12. The molecule has 2 heterocycles. The molecule has 1 saturated carbocycles. The number of hydrogen-bond donors (Lipinski definition) is 2. The predicted octanol–water partition coefficient (Wildman–Crippen LogP) is 2.74. The number of rotatable bonds is 5. The van der Waals surface area contributed by atoms with Crippen LogP contribution in [0.15, 0.2) is 36.5 Å². The van der Waals surface area contributed by atoms with E-state index in [0.29, 0.717) is 11.7 Å². The van der Waals surface area contributed by atoms with E-state index in [4.69, 9.17) is 4.74 Å². The van der Waals surface area contributed by atoms with Gasteiger partial charge in [-0.05, 0) is 30.5 Å². The first kappa shape index (κ1) is 16.1. The molecule has 2 aromatic rings. The largest absolute Gasteiger partial charge is 0.381 e. The average Bonchev–Trinajstić information content (AvgIpc) is 2.97. The van der Waals surface area contributed by atoms with E-state index in [2.05, 4.69) is 15.7 Å². The third-order valence-corrected chi connectivity index (χ3v) is 4.82. The van der Waals surface area contributed by atoms with E-state index in [1.807, 2.05) is 4.68 Å². The summed E-state index contributed by atoms with van der Waals surface area (Å²) in [5.74, 6) is 1.14. The fraction of sp³-hybridized carbons (Fsp3) is 0.444. The van der Waals surface area contributed by atoms with Gasteiger partial charge in [-0.25, -0.2) is 13.9 Å². The lowest BCUT2D eigenvalue weighted by Crippen LogP contribution is -2.32. The predicted molar refractivity (Wildman–Crippen MR) is 90.9 cm³/mol. The zero-order valence-corrected chi connectivity index (χ0v) is 13.8. The zero-order chi connectivity index (χ0) is 17.2. The highest BCUT2D eigenvalue weighted by Gasteiger charge is 2.39. The van der Waals surface area contributed by atoms with Gasteiger partial charge in [-0.15, -0.1) is 0 Å². The molecule has 0 radical (unpaired) electrons. The van der Waals surface area contributed by atoms with E-state index < -0.39 is 0 Å². The van der Waals surface area contributed by atoms with E-state index in [9.17, 15) is 9.18 Å². The summed E-state index contributed by atoms with van der Waals surface area (Å²) in [4.78, 5) is 12.2. The Labute approximate surface area is 145 Å². The lowest BCUT2D eigenvalue weighted by molar-refractivity contribution is 0.181. The van der Waals surface area contributed by atoms with Crippen molar-refractivity contribution in [2.45, 2.75) is 31.3 Å². The van der Waals surface area contributed by atoms with Crippen LogP contribution in [-0.2, 0) is 11.3 Å². The van der Waals surface area contributed by atoms with E-state index in [0.717, 1.165) is 38.2 Å². The van der Waals surface area contributed by atoms with E-state index in [-0.39, 0.29) is 23.8 Å². The van der Waals surface area contributed by atoms with Crippen molar-refractivity contribution in [1.82, 2.24) is 15.1 Å². The van der Waals surface area contributed by atoms with E-state index in [1.165, 1.54) is 12.1 Å². The number of anilines is 1. The second-order valence-corrected chi connectivity index (χ2v) is 6.73. The van der Waals surface area contributed by atoms with Crippen molar-refractivity contribution in [1.29, 1.82) is 0 Å². The van der Waals surface area contributed by atoms with E-state index >= 15 is 0 Å². The first-order valence-electron chi connectivity index (χ1n) is 8.61. The maximum absolute atomic E-state index is 13.0. The first-order valence-corrected chi connectivity index (χ1v) is 8.61. The molecule has 1 aliphatic carbocycles. The van der Waals surface area contributed by atoms with Crippen molar-refractivity contribution >= 4 is 11.8 Å². The molecule has 132 valence electrons. The molecular formula is C18H21FN4O2. The van der Waals surface area contributed by atoms with Crippen LogP contribution in [0.25, 0.3) is 0 Å². The van der Waals surface area contributed by atoms with Crippen molar-refractivity contribution < 1.29 is 13.9 Å². The van der Waals surface area contributed by atoms with Gasteiger partial charge in [0.15, 0.2) is 0 Å². The maximum atomic E-state index is 13.0. The molecule has 0 bridgehead atoms. The van der Waals surface area contributed by atoms with Crippen LogP contribution in [0.1, 0.15) is 24.3 Å². The second kappa shape index (κ2) is 6.84. The fourth-order valence-electron chi connectivity index (χ4n) is 3.31. The zero-order valence-electron chi connectivity index (χ0n) is 13.8. The molecule has 0 unspecified atom stereocenters. The number of aromatic nitrogens is 2. The SMILES string of the molecule is O=C(Nc1ccnn1C[C@@H]1CCOC1)N[C@@H]1C[C@H]1c1ccc(F)cc1. The first-order chi connectivity index (χ1) is 12.2. The minimum absolute atomic E-state index is 0.0880. The molecule has 3 atom stereocenters. The molecule has 4 rings (SSSR count). The number of nitrogens with one attached hydrogen (secondary N) is 2. The van der Waals surface area contributed by atoms with Crippen molar-refractivity contribution in [2.75, 3.05) is 18.5 Å². The number of carbonyl (C=O) groups excluding carboxylic acids is 1. The molecule has 1 aromatic carbocycles. The third kappa shape index (κ3) is 3.82. The standard InChI is InChI=1S/C18H21FN4O2/c19-14-3-1-13(2-4-14)15-9-16(15)21-18(24)22-17-5-7-20-23(17)10-12-6-8-25-11-12/h1-5,7,12,15-16H,6,8-11H2,(H2,21,22,24)/t12-,15-,16+/m0/s1. The number of carbonyl (C=O) groups is 1. The Balaban J connectivity index is 1.30. The minimum Gasteiger partial charge on any atom is -0.381 e. The van der Waals surface area contributed by atoms with Gasteiger partial charge in [0, 0.05) is 37.1 Å². The van der Waals surface area contributed by atoms with Crippen LogP contribution in [0.4, 0.5) is 15.0 Å². The smallest absolute Gasteiger partial charge is 0.320 e. The van der Waals surface area contributed by atoms with Gasteiger partial charge in [0.2, 0.25) is 0 Å². The van der Waals surface area contributed by atoms with Crippen LogP contribution in [0.2, 0.25) is 0 Å². The van der Waals surface area contributed by atoms with Gasteiger partial charge in [0.25, 0.3) is 0 Å². The van der Waals surface area contributed by atoms with Crippen LogP contribution in [0.5, 0.6) is 0 Å². The van der Waals surface area contributed by atoms with Crippen LogP contribution in [0, 0.1) is 11.7 Å². The van der Waals surface area contributed by atoms with Crippen molar-refractivity contribution in [3.05, 3.63) is 47.9 Å². The molecule has 1 saturated heterocycles. The number of halogens is 1. The molecule has 1 aromatic heterocycles. The van der Waals surface area contributed by atoms with Gasteiger partial charge < -0.3 is 10.1 Å². The van der Waals surface area contributed by atoms with Crippen LogP contribution in [0.3, 0.4) is 0 Å². The summed E-state index contributed by atoms with van der Waals surface area (Å²) >= 11 is 0. The summed E-state index contributed by atoms with van der Waals surface area (Å²) < 4.78 is 20.2. The fourth-order valence-corrected chi connectivity index (χ4v) is 3.31. The lowest BCUT2D eigenvalue weighted by atomic mass is 10.1. The summed E-state index contributed by atoms with van der Waals surface area (Å²) in [5, 5.41) is 10.1. The highest BCUT2D eigenvalue weighted by molar-refractivity contribution is 5.88. The van der Waals surface area contributed by atoms with Gasteiger partial charge in [0.05, 0.1) is 12.8 Å². The van der Waals surface area contributed by atoms with Crippen LogP contribution >= 0.6 is 0 Å². The molecule has 7 heteroatoms. The molecular weight excluding hydrogens is 323 g/mol. The highest BCUT2D eigenvalue weighted by atomic mass is 19.1. The Hall–Kier alpha value is -2.41. The number of hydrogen-bond acceptors (Lipinski definition) is 3. The molecule has 2 amide bonds. The van der Waals surface area contributed by atoms with Gasteiger partial charge >= 0.3 is 6.03 Å². The van der Waals surface area contributed by atoms with Gasteiger partial charge in [-0.1, -0.05) is 12.1 Å². The number of benzene rings is 1. The van der Waals surface area contributed by atoms with Gasteiger partial charge in [-0.3, -0.25) is 5.32 Å². The summed E-state index contributed by atoms with van der Waals surface area (Å²) in [6.07, 6.45) is 3.58. The molecule has 1 aliphatic heterocycles. The second-order valence-electron chi connectivity index (χ2n) is 6.73. The summed E-state index contributed by atoms with van der Waals surface area (Å²) in [5.41, 5.74) is 1.05. The summed E-state index contributed by atoms with van der Waals surface area (Å²) in [6.45, 7) is 2.28. The molecule has 2 fully saturated rings. The normalized spacial score (nSPS) is 24.9. The Bertz CT molecular complexity index is 740. The van der Waals surface area contributed by atoms with E-state index in [1.54, 1.807) is 24.4 Å². The van der Waals surface area contributed by atoms with Crippen LogP contribution < -0.4 is 10.6 Å². The Morgan fingerprint density at radius 3 is 2.92 bits per heavy atom. The summed E-state index contributed by atoms with van der Waals surface area (Å²) in [7, 11) is 0. The summed E-state index contributed by atoms with van der Waals surface area (Å²) in [6, 6.07) is 8.10. The third-order valence-electron chi connectivity index (χ3n) is 4.82. The molecule has 25 heavy (non-hydrogen) atoms. The topological polar surface area (TPSA) is 68.2 Å². The molecule has 2 aliphatic rings. The monoisotopic (exact) mass is 344 g/mol.